The van der Waals surface area contributed by atoms with E-state index in [4.69, 9.17) is 11.6 Å². The van der Waals surface area contributed by atoms with Gasteiger partial charge in [-0.2, -0.15) is 0 Å². The Hall–Kier alpha value is -4.20. The SMILES string of the molecule is O=C(Nc1ccc(Cl)cc1)[C@@H]1[C@@H](C(=O)c2ccc(Br)cc2)[C@@]2(C(=O)Nc3ccccc32)[C@@H]2C=Cc3ccccc3N12. The Morgan fingerprint density at radius 1 is 0.902 bits per heavy atom. The second-order valence-electron chi connectivity index (χ2n) is 10.4. The second kappa shape index (κ2) is 9.72. The fraction of sp³-hybridized carbons (Fsp3) is 0.121. The van der Waals surface area contributed by atoms with Gasteiger partial charge in [-0.25, -0.2) is 0 Å². The van der Waals surface area contributed by atoms with Gasteiger partial charge in [0.15, 0.2) is 5.78 Å². The first-order chi connectivity index (χ1) is 19.9. The first kappa shape index (κ1) is 25.7. The molecule has 202 valence electrons. The van der Waals surface area contributed by atoms with Gasteiger partial charge in [-0.15, -0.1) is 0 Å². The van der Waals surface area contributed by atoms with Crippen molar-refractivity contribution in [2.45, 2.75) is 17.5 Å². The normalized spacial score (nSPS) is 23.5. The molecule has 8 heteroatoms. The van der Waals surface area contributed by atoms with Crippen LogP contribution in [0.25, 0.3) is 6.08 Å². The average molecular weight is 625 g/mol. The van der Waals surface area contributed by atoms with Crippen LogP contribution in [0.2, 0.25) is 5.02 Å². The summed E-state index contributed by atoms with van der Waals surface area (Å²) in [7, 11) is 0. The molecule has 7 rings (SSSR count). The second-order valence-corrected chi connectivity index (χ2v) is 11.8. The summed E-state index contributed by atoms with van der Waals surface area (Å²) in [6.45, 7) is 0. The maximum Gasteiger partial charge on any atom is 0.247 e. The fourth-order valence-corrected chi connectivity index (χ4v) is 7.05. The predicted molar refractivity (Wildman–Crippen MR) is 164 cm³/mol. The Kier molecular flexibility index (Phi) is 6.10. The highest BCUT2D eigenvalue weighted by Crippen LogP contribution is 2.57. The van der Waals surface area contributed by atoms with Gasteiger partial charge in [0.1, 0.15) is 11.5 Å². The fourth-order valence-electron chi connectivity index (χ4n) is 6.66. The zero-order valence-corrected chi connectivity index (χ0v) is 23.9. The van der Waals surface area contributed by atoms with Crippen LogP contribution < -0.4 is 15.5 Å². The molecule has 2 N–H and O–H groups in total. The van der Waals surface area contributed by atoms with Crippen molar-refractivity contribution >= 4 is 68.3 Å². The monoisotopic (exact) mass is 623 g/mol. The van der Waals surface area contributed by atoms with Crippen LogP contribution in [0.15, 0.2) is 108 Å². The lowest BCUT2D eigenvalue weighted by atomic mass is 9.64. The molecule has 3 aliphatic heterocycles. The number of carbonyl (C=O) groups is 3. The predicted octanol–water partition coefficient (Wildman–Crippen LogP) is 6.71. The van der Waals surface area contributed by atoms with Gasteiger partial charge in [-0.1, -0.05) is 88.2 Å². The van der Waals surface area contributed by atoms with Crippen molar-refractivity contribution in [1.29, 1.82) is 0 Å². The molecule has 41 heavy (non-hydrogen) atoms. The summed E-state index contributed by atoms with van der Waals surface area (Å²) in [4.78, 5) is 45.4. The van der Waals surface area contributed by atoms with Gasteiger partial charge in [0.2, 0.25) is 11.8 Å². The third-order valence-electron chi connectivity index (χ3n) is 8.33. The minimum atomic E-state index is -1.35. The molecule has 4 atom stereocenters. The minimum absolute atomic E-state index is 0.277. The van der Waals surface area contributed by atoms with Crippen LogP contribution in [0.3, 0.4) is 0 Å². The van der Waals surface area contributed by atoms with Crippen LogP contribution in [0, 0.1) is 5.92 Å². The van der Waals surface area contributed by atoms with E-state index in [1.54, 1.807) is 48.5 Å². The minimum Gasteiger partial charge on any atom is -0.350 e. The molecule has 0 aromatic heterocycles. The van der Waals surface area contributed by atoms with Crippen molar-refractivity contribution in [3.05, 3.63) is 129 Å². The van der Waals surface area contributed by atoms with Crippen LogP contribution >= 0.6 is 27.5 Å². The van der Waals surface area contributed by atoms with Gasteiger partial charge in [-0.3, -0.25) is 14.4 Å². The molecule has 6 nitrogen and oxygen atoms in total. The smallest absolute Gasteiger partial charge is 0.247 e. The van der Waals surface area contributed by atoms with Crippen LogP contribution in [0.5, 0.6) is 0 Å². The Balaban J connectivity index is 1.48. The highest BCUT2D eigenvalue weighted by atomic mass is 79.9. The maximum atomic E-state index is 14.7. The number of hydrogen-bond acceptors (Lipinski definition) is 4. The molecule has 1 saturated heterocycles. The number of Topliss-reactive ketones (excluding diaryl/α,β-unsaturated/α-hetero) is 1. The van der Waals surface area contributed by atoms with Crippen molar-refractivity contribution in [3.63, 3.8) is 0 Å². The summed E-state index contributed by atoms with van der Waals surface area (Å²) in [5, 5.41) is 6.60. The number of nitrogens with zero attached hydrogens (tertiary/aromatic N) is 1. The summed E-state index contributed by atoms with van der Waals surface area (Å²) in [6, 6.07) is 27.5. The molecule has 1 fully saturated rings. The summed E-state index contributed by atoms with van der Waals surface area (Å²) < 4.78 is 0.824. The number of hydrogen-bond donors (Lipinski definition) is 2. The van der Waals surface area contributed by atoms with E-state index >= 15 is 0 Å². The first-order valence-corrected chi connectivity index (χ1v) is 14.4. The lowest BCUT2D eigenvalue weighted by Crippen LogP contribution is -2.51. The van der Waals surface area contributed by atoms with E-state index in [9.17, 15) is 14.4 Å². The largest absolute Gasteiger partial charge is 0.350 e. The summed E-state index contributed by atoms with van der Waals surface area (Å²) in [5.74, 6) is -2.00. The number of amides is 2. The molecule has 1 spiro atoms. The number of nitrogens with one attached hydrogen (secondary N) is 2. The summed E-state index contributed by atoms with van der Waals surface area (Å²) >= 11 is 9.54. The Morgan fingerprint density at radius 2 is 1.61 bits per heavy atom. The standard InChI is InChI=1S/C33H23BrClN3O3/c34-21-12-9-20(10-13-21)30(39)28-29(31(40)36-23-16-14-22(35)15-17-23)38-26-8-4-1-5-19(26)11-18-27(38)33(28)24-6-2-3-7-25(24)37-32(33)41/h1-18,27-29H,(H,36,40)(H,37,41)/t27-,28-,29-,33-/m0/s1. The number of carbonyl (C=O) groups excluding carboxylic acids is 3. The lowest BCUT2D eigenvalue weighted by molar-refractivity contribution is -0.122. The van der Waals surface area contributed by atoms with Gasteiger partial charge < -0.3 is 15.5 Å². The average Bonchev–Trinajstić information content (AvgIpc) is 3.47. The van der Waals surface area contributed by atoms with Crippen LogP contribution in [0.1, 0.15) is 21.5 Å². The van der Waals surface area contributed by atoms with Gasteiger partial charge in [0, 0.05) is 32.1 Å². The lowest BCUT2D eigenvalue weighted by Gasteiger charge is -2.37. The van der Waals surface area contributed by atoms with Crippen molar-refractivity contribution in [3.8, 4) is 0 Å². The number of anilines is 3. The molecule has 0 unspecified atom stereocenters. The zero-order valence-electron chi connectivity index (χ0n) is 21.6. The molecular weight excluding hydrogens is 602 g/mol. The molecule has 2 amide bonds. The van der Waals surface area contributed by atoms with E-state index in [0.29, 0.717) is 27.5 Å². The molecular formula is C33H23BrClN3O3. The van der Waals surface area contributed by atoms with Crippen LogP contribution in [-0.2, 0) is 15.0 Å². The van der Waals surface area contributed by atoms with Crippen LogP contribution in [-0.4, -0.2) is 29.7 Å². The molecule has 0 bridgehead atoms. The van der Waals surface area contributed by atoms with Crippen molar-refractivity contribution < 1.29 is 14.4 Å². The number of fused-ring (bicyclic) bond motifs is 6. The Morgan fingerprint density at radius 3 is 2.39 bits per heavy atom. The van der Waals surface area contributed by atoms with E-state index in [-0.39, 0.29) is 17.6 Å². The van der Waals surface area contributed by atoms with Crippen molar-refractivity contribution in [2.75, 3.05) is 15.5 Å². The number of ketones is 1. The summed E-state index contributed by atoms with van der Waals surface area (Å²) in [6.07, 6.45) is 3.94. The van der Waals surface area contributed by atoms with Gasteiger partial charge in [-0.05, 0) is 59.7 Å². The Bertz CT molecular complexity index is 1750. The van der Waals surface area contributed by atoms with E-state index in [1.807, 2.05) is 65.6 Å². The van der Waals surface area contributed by atoms with E-state index in [0.717, 1.165) is 15.7 Å². The van der Waals surface area contributed by atoms with E-state index in [2.05, 4.69) is 26.6 Å². The third-order valence-corrected chi connectivity index (χ3v) is 9.11. The molecule has 3 aliphatic rings. The first-order valence-electron chi connectivity index (χ1n) is 13.2. The topological polar surface area (TPSA) is 78.5 Å². The quantitative estimate of drug-likeness (QED) is 0.247. The molecule has 3 heterocycles. The number of halogens is 2. The third kappa shape index (κ3) is 3.87. The van der Waals surface area contributed by atoms with E-state index < -0.39 is 23.4 Å². The molecule has 0 aliphatic carbocycles. The van der Waals surface area contributed by atoms with Gasteiger partial charge in [0.25, 0.3) is 0 Å². The molecule has 4 aromatic rings. The molecule has 4 aromatic carbocycles. The number of para-hydroxylation sites is 2. The van der Waals surface area contributed by atoms with Crippen molar-refractivity contribution in [2.24, 2.45) is 5.92 Å². The van der Waals surface area contributed by atoms with E-state index in [1.165, 1.54) is 0 Å². The summed E-state index contributed by atoms with van der Waals surface area (Å²) in [5.41, 5.74) is 2.68. The van der Waals surface area contributed by atoms with Gasteiger partial charge in [0.05, 0.1) is 12.0 Å². The zero-order chi connectivity index (χ0) is 28.3. The Labute approximate surface area is 250 Å². The van der Waals surface area contributed by atoms with Gasteiger partial charge >= 0.3 is 0 Å². The number of rotatable bonds is 4. The van der Waals surface area contributed by atoms with Crippen LogP contribution in [0.4, 0.5) is 17.1 Å². The van der Waals surface area contributed by atoms with Crippen molar-refractivity contribution in [1.82, 2.24) is 0 Å². The molecule has 0 saturated carbocycles. The highest BCUT2D eigenvalue weighted by Gasteiger charge is 2.70. The highest BCUT2D eigenvalue weighted by molar-refractivity contribution is 9.10. The maximum absolute atomic E-state index is 14.7. The molecule has 0 radical (unpaired) electrons. The number of benzene rings is 4.